The van der Waals surface area contributed by atoms with Gasteiger partial charge in [0.1, 0.15) is 5.69 Å². The minimum Gasteiger partial charge on any atom is -0.404 e. The van der Waals surface area contributed by atoms with Gasteiger partial charge in [-0.25, -0.2) is 4.79 Å². The molecule has 1 heterocycles. The van der Waals surface area contributed by atoms with Gasteiger partial charge in [-0.1, -0.05) is 5.16 Å². The number of aryl methyl sites for hydroxylation is 1. The van der Waals surface area contributed by atoms with E-state index in [0.29, 0.717) is 22.7 Å². The van der Waals surface area contributed by atoms with Crippen molar-refractivity contribution in [3.63, 3.8) is 0 Å². The number of hydrogen-bond acceptors (Lipinski definition) is 5. The SMILES string of the molecule is Cc1noc(-c2ccc(N)cc2)c1OC(N)=O. The smallest absolute Gasteiger partial charge is 0.404 e. The van der Waals surface area contributed by atoms with E-state index in [1.807, 2.05) is 0 Å². The molecule has 0 aliphatic carbocycles. The Balaban J connectivity index is 2.45. The highest BCUT2D eigenvalue weighted by Gasteiger charge is 2.18. The van der Waals surface area contributed by atoms with E-state index in [0.717, 1.165) is 0 Å². The zero-order valence-electron chi connectivity index (χ0n) is 9.14. The standard InChI is InChI=1S/C11H11N3O3/c1-6-9(16-11(13)15)10(17-14-6)7-2-4-8(12)5-3-7/h2-5H,12H2,1H3,(H2,13,15). The molecule has 1 aromatic carbocycles. The van der Waals surface area contributed by atoms with Crippen molar-refractivity contribution < 1.29 is 14.1 Å². The fourth-order valence-corrected chi connectivity index (χ4v) is 1.40. The van der Waals surface area contributed by atoms with Crippen molar-refractivity contribution in [3.8, 4) is 17.1 Å². The molecule has 0 aliphatic heterocycles. The van der Waals surface area contributed by atoms with Crippen LogP contribution in [0.1, 0.15) is 5.69 Å². The van der Waals surface area contributed by atoms with Crippen LogP contribution in [0.4, 0.5) is 10.5 Å². The molecule has 0 radical (unpaired) electrons. The molecule has 4 N–H and O–H groups in total. The van der Waals surface area contributed by atoms with E-state index in [2.05, 4.69) is 5.16 Å². The number of carbonyl (C=O) groups excluding carboxylic acids is 1. The van der Waals surface area contributed by atoms with Crippen LogP contribution in [0.3, 0.4) is 0 Å². The van der Waals surface area contributed by atoms with Gasteiger partial charge < -0.3 is 20.7 Å². The number of anilines is 1. The lowest BCUT2D eigenvalue weighted by atomic mass is 10.1. The lowest BCUT2D eigenvalue weighted by Crippen LogP contribution is -2.16. The van der Waals surface area contributed by atoms with Gasteiger partial charge in [-0.05, 0) is 31.2 Å². The van der Waals surface area contributed by atoms with Crippen molar-refractivity contribution in [2.24, 2.45) is 5.73 Å². The number of carbonyl (C=O) groups is 1. The Bertz CT molecular complexity index is 546. The molecule has 0 aliphatic rings. The lowest BCUT2D eigenvalue weighted by Gasteiger charge is -2.01. The van der Waals surface area contributed by atoms with Crippen LogP contribution in [0.2, 0.25) is 0 Å². The summed E-state index contributed by atoms with van der Waals surface area (Å²) in [5.74, 6) is 0.573. The van der Waals surface area contributed by atoms with Crippen LogP contribution in [0, 0.1) is 6.92 Å². The van der Waals surface area contributed by atoms with E-state index in [1.165, 1.54) is 0 Å². The number of hydrogen-bond donors (Lipinski definition) is 2. The summed E-state index contributed by atoms with van der Waals surface area (Å²) in [6, 6.07) is 6.90. The van der Waals surface area contributed by atoms with Gasteiger partial charge in [-0.3, -0.25) is 0 Å². The number of ether oxygens (including phenoxy) is 1. The fraction of sp³-hybridized carbons (Fsp3) is 0.0909. The van der Waals surface area contributed by atoms with Gasteiger partial charge in [0.2, 0.25) is 11.5 Å². The lowest BCUT2D eigenvalue weighted by molar-refractivity contribution is 0.210. The molecule has 0 saturated heterocycles. The fourth-order valence-electron chi connectivity index (χ4n) is 1.40. The molecule has 0 saturated carbocycles. The molecular formula is C11H11N3O3. The van der Waals surface area contributed by atoms with Crippen molar-refractivity contribution in [2.45, 2.75) is 6.92 Å². The molecular weight excluding hydrogens is 222 g/mol. The second-order valence-electron chi connectivity index (χ2n) is 3.47. The summed E-state index contributed by atoms with van der Waals surface area (Å²) < 4.78 is 9.95. The van der Waals surface area contributed by atoms with Gasteiger partial charge in [-0.15, -0.1) is 0 Å². The van der Waals surface area contributed by atoms with E-state index < -0.39 is 6.09 Å². The van der Waals surface area contributed by atoms with Crippen LogP contribution in [0.15, 0.2) is 28.8 Å². The minimum atomic E-state index is -0.909. The Hall–Kier alpha value is -2.50. The van der Waals surface area contributed by atoms with E-state index >= 15 is 0 Å². The van der Waals surface area contributed by atoms with Crippen molar-refractivity contribution in [2.75, 3.05) is 5.73 Å². The zero-order chi connectivity index (χ0) is 12.4. The molecule has 0 fully saturated rings. The average molecular weight is 233 g/mol. The van der Waals surface area contributed by atoms with Crippen LogP contribution < -0.4 is 16.2 Å². The number of nitrogens with two attached hydrogens (primary N) is 2. The molecule has 2 aromatic rings. The number of amides is 1. The van der Waals surface area contributed by atoms with Crippen LogP contribution in [0.5, 0.6) is 5.75 Å². The minimum absolute atomic E-state index is 0.224. The van der Waals surface area contributed by atoms with Crippen molar-refractivity contribution in [1.29, 1.82) is 0 Å². The first-order chi connectivity index (χ1) is 8.08. The van der Waals surface area contributed by atoms with Crippen LogP contribution in [-0.4, -0.2) is 11.2 Å². The summed E-state index contributed by atoms with van der Waals surface area (Å²) in [5.41, 5.74) is 12.3. The third-order valence-electron chi connectivity index (χ3n) is 2.18. The first kappa shape index (κ1) is 11.0. The molecule has 0 spiro atoms. The summed E-state index contributed by atoms with van der Waals surface area (Å²) in [4.78, 5) is 10.8. The maximum absolute atomic E-state index is 10.8. The highest BCUT2D eigenvalue weighted by molar-refractivity contribution is 5.74. The third-order valence-corrected chi connectivity index (χ3v) is 2.18. The highest BCUT2D eigenvalue weighted by Crippen LogP contribution is 2.33. The Kier molecular flexibility index (Phi) is 2.70. The van der Waals surface area contributed by atoms with E-state index in [1.54, 1.807) is 31.2 Å². The van der Waals surface area contributed by atoms with E-state index in [-0.39, 0.29) is 5.75 Å². The van der Waals surface area contributed by atoms with E-state index in [4.69, 9.17) is 20.7 Å². The van der Waals surface area contributed by atoms with Crippen molar-refractivity contribution in [3.05, 3.63) is 30.0 Å². The average Bonchev–Trinajstić information content (AvgIpc) is 2.61. The normalized spacial score (nSPS) is 10.2. The Labute approximate surface area is 97.1 Å². The monoisotopic (exact) mass is 233 g/mol. The molecule has 0 bridgehead atoms. The molecule has 6 heteroatoms. The van der Waals surface area contributed by atoms with Crippen molar-refractivity contribution in [1.82, 2.24) is 5.16 Å². The summed E-state index contributed by atoms with van der Waals surface area (Å²) in [6.07, 6.45) is -0.909. The maximum Gasteiger partial charge on any atom is 0.410 e. The molecule has 1 amide bonds. The van der Waals surface area contributed by atoms with Gasteiger partial charge in [-0.2, -0.15) is 0 Å². The molecule has 17 heavy (non-hydrogen) atoms. The Morgan fingerprint density at radius 1 is 1.35 bits per heavy atom. The summed E-state index contributed by atoms with van der Waals surface area (Å²) in [5, 5.41) is 3.73. The number of nitrogens with zero attached hydrogens (tertiary/aromatic N) is 1. The molecule has 2 rings (SSSR count). The number of nitrogen functional groups attached to an aromatic ring is 1. The van der Waals surface area contributed by atoms with Gasteiger partial charge in [0, 0.05) is 11.3 Å². The Morgan fingerprint density at radius 2 is 2.00 bits per heavy atom. The van der Waals surface area contributed by atoms with Gasteiger partial charge in [0.25, 0.3) is 0 Å². The molecule has 6 nitrogen and oxygen atoms in total. The molecule has 88 valence electrons. The molecule has 0 unspecified atom stereocenters. The number of rotatable bonds is 2. The second kappa shape index (κ2) is 4.17. The van der Waals surface area contributed by atoms with Gasteiger partial charge in [0.05, 0.1) is 0 Å². The number of benzene rings is 1. The predicted octanol–water partition coefficient (Wildman–Crippen LogP) is 1.69. The van der Waals surface area contributed by atoms with Gasteiger partial charge >= 0.3 is 6.09 Å². The van der Waals surface area contributed by atoms with Crippen LogP contribution >= 0.6 is 0 Å². The topological polar surface area (TPSA) is 104 Å². The first-order valence-electron chi connectivity index (χ1n) is 4.87. The maximum atomic E-state index is 10.8. The van der Waals surface area contributed by atoms with Crippen LogP contribution in [-0.2, 0) is 0 Å². The van der Waals surface area contributed by atoms with E-state index in [9.17, 15) is 4.79 Å². The predicted molar refractivity (Wildman–Crippen MR) is 61.3 cm³/mol. The van der Waals surface area contributed by atoms with Gasteiger partial charge in [0.15, 0.2) is 0 Å². The third kappa shape index (κ3) is 2.20. The Morgan fingerprint density at radius 3 is 2.59 bits per heavy atom. The summed E-state index contributed by atoms with van der Waals surface area (Å²) >= 11 is 0. The first-order valence-corrected chi connectivity index (χ1v) is 4.87. The van der Waals surface area contributed by atoms with Crippen LogP contribution in [0.25, 0.3) is 11.3 Å². The summed E-state index contributed by atoms with van der Waals surface area (Å²) in [7, 11) is 0. The second-order valence-corrected chi connectivity index (χ2v) is 3.47. The number of aromatic nitrogens is 1. The quantitative estimate of drug-likeness (QED) is 0.768. The number of primary amides is 1. The zero-order valence-corrected chi connectivity index (χ0v) is 9.14. The molecule has 1 aromatic heterocycles. The van der Waals surface area contributed by atoms with Crippen molar-refractivity contribution >= 4 is 11.8 Å². The largest absolute Gasteiger partial charge is 0.410 e. The highest BCUT2D eigenvalue weighted by atomic mass is 16.6. The molecule has 0 atom stereocenters. The summed E-state index contributed by atoms with van der Waals surface area (Å²) in [6.45, 7) is 1.66.